The van der Waals surface area contributed by atoms with Crippen LogP contribution in [-0.4, -0.2) is 0 Å². The lowest BCUT2D eigenvalue weighted by molar-refractivity contribution is 1.65. The molecule has 4 aromatic rings. The van der Waals surface area contributed by atoms with Crippen LogP contribution in [0.1, 0.15) is 10.4 Å². The lowest BCUT2D eigenvalue weighted by Gasteiger charge is -1.90. The van der Waals surface area contributed by atoms with Gasteiger partial charge in [-0.25, -0.2) is 0 Å². The van der Waals surface area contributed by atoms with Gasteiger partial charge in [0.15, 0.2) is 0 Å². The monoisotopic (exact) mass is 348 g/mol. The molecule has 0 saturated heterocycles. The topological polar surface area (TPSA) is 0 Å². The van der Waals surface area contributed by atoms with Crippen molar-refractivity contribution in [1.82, 2.24) is 0 Å². The second kappa shape index (κ2) is 6.55. The summed E-state index contributed by atoms with van der Waals surface area (Å²) in [7, 11) is 0. The molecule has 0 aliphatic heterocycles. The molecule has 0 radical (unpaired) electrons. The van der Waals surface area contributed by atoms with Gasteiger partial charge in [0, 0.05) is 25.1 Å². The molecule has 1 aromatic carbocycles. The van der Waals surface area contributed by atoms with Gasteiger partial charge in [-0.1, -0.05) is 36.1 Å². The second-order valence-electron chi connectivity index (χ2n) is 4.92. The van der Waals surface area contributed by atoms with Crippen LogP contribution in [0.15, 0.2) is 72.1 Å². The Hall–Kier alpha value is -2.12. The summed E-state index contributed by atoms with van der Waals surface area (Å²) in [4.78, 5) is 6.37. The number of benzene rings is 1. The largest absolute Gasteiger partial charge is 0.143 e. The van der Waals surface area contributed by atoms with Crippen LogP contribution in [-0.2, 0) is 0 Å². The summed E-state index contributed by atoms with van der Waals surface area (Å²) in [5.41, 5.74) is 1.05. The number of thiophene rings is 3. The average molecular weight is 349 g/mol. The fourth-order valence-electron chi connectivity index (χ4n) is 2.21. The van der Waals surface area contributed by atoms with Crippen molar-refractivity contribution in [3.63, 3.8) is 0 Å². The summed E-state index contributed by atoms with van der Waals surface area (Å²) in [6.45, 7) is 0. The zero-order chi connectivity index (χ0) is 15.5. The molecule has 0 spiro atoms. The predicted octanol–water partition coefficient (Wildman–Crippen LogP) is 6.60. The highest BCUT2D eigenvalue weighted by molar-refractivity contribution is 7.26. The third-order valence-corrected chi connectivity index (χ3v) is 6.67. The average Bonchev–Trinajstić information content (AvgIpc) is 3.33. The van der Waals surface area contributed by atoms with E-state index in [1.807, 2.05) is 41.7 Å². The van der Waals surface area contributed by atoms with E-state index in [0.29, 0.717) is 0 Å². The van der Waals surface area contributed by atoms with Crippen LogP contribution in [0.25, 0.3) is 19.5 Å². The minimum absolute atomic E-state index is 1.05. The molecule has 0 aliphatic carbocycles. The fourth-order valence-corrected chi connectivity index (χ4v) is 5.00. The van der Waals surface area contributed by atoms with E-state index in [1.54, 1.807) is 22.7 Å². The highest BCUT2D eigenvalue weighted by atomic mass is 32.1. The number of rotatable bonds is 2. The minimum atomic E-state index is 1.05. The molecule has 0 unspecified atom stereocenters. The molecule has 0 amide bonds. The lowest BCUT2D eigenvalue weighted by atomic mass is 10.2. The summed E-state index contributed by atoms with van der Waals surface area (Å²) < 4.78 is 0. The van der Waals surface area contributed by atoms with E-state index in [0.717, 1.165) is 10.4 Å². The molecule has 4 rings (SSSR count). The molecule has 0 saturated carbocycles. The smallest absolute Gasteiger partial charge is 0.0779 e. The normalized spacial score (nSPS) is 10.3. The van der Waals surface area contributed by atoms with Gasteiger partial charge in [0.1, 0.15) is 0 Å². The van der Waals surface area contributed by atoms with E-state index >= 15 is 0 Å². The molecule has 110 valence electrons. The first-order valence-electron chi connectivity index (χ1n) is 7.19. The van der Waals surface area contributed by atoms with Crippen LogP contribution in [0.2, 0.25) is 0 Å². The molecule has 0 nitrogen and oxygen atoms in total. The van der Waals surface area contributed by atoms with E-state index in [1.165, 1.54) is 19.5 Å². The van der Waals surface area contributed by atoms with Crippen LogP contribution in [0, 0.1) is 11.8 Å². The number of hydrogen-bond acceptors (Lipinski definition) is 3. The van der Waals surface area contributed by atoms with E-state index in [4.69, 9.17) is 0 Å². The fraction of sp³-hybridized carbons (Fsp3) is 0. The maximum Gasteiger partial charge on any atom is 0.0779 e. The van der Waals surface area contributed by atoms with E-state index in [-0.39, 0.29) is 0 Å². The Morgan fingerprint density at radius 1 is 0.565 bits per heavy atom. The van der Waals surface area contributed by atoms with Gasteiger partial charge in [0.05, 0.1) is 4.88 Å². The van der Waals surface area contributed by atoms with Crippen molar-refractivity contribution in [2.45, 2.75) is 0 Å². The molecule has 3 heterocycles. The first-order chi connectivity index (χ1) is 11.4. The van der Waals surface area contributed by atoms with Crippen molar-refractivity contribution in [1.29, 1.82) is 0 Å². The van der Waals surface area contributed by atoms with E-state index in [9.17, 15) is 0 Å². The van der Waals surface area contributed by atoms with Crippen molar-refractivity contribution in [2.75, 3.05) is 0 Å². The summed E-state index contributed by atoms with van der Waals surface area (Å²) in [5.74, 6) is 6.48. The van der Waals surface area contributed by atoms with Gasteiger partial charge >= 0.3 is 0 Å². The Balaban J connectivity index is 1.58. The molecule has 3 heteroatoms. The third kappa shape index (κ3) is 3.30. The molecule has 0 atom stereocenters. The Kier molecular flexibility index (Phi) is 4.12. The summed E-state index contributed by atoms with van der Waals surface area (Å²) in [6, 6.07) is 23.1. The van der Waals surface area contributed by atoms with Gasteiger partial charge in [-0.2, -0.15) is 0 Å². The summed E-state index contributed by atoms with van der Waals surface area (Å²) in [5, 5.41) is 2.12. The van der Waals surface area contributed by atoms with Crippen molar-refractivity contribution < 1.29 is 0 Å². The van der Waals surface area contributed by atoms with E-state index in [2.05, 4.69) is 53.6 Å². The van der Waals surface area contributed by atoms with Crippen molar-refractivity contribution in [2.24, 2.45) is 0 Å². The molecular formula is C20H12S3. The molecule has 23 heavy (non-hydrogen) atoms. The Bertz CT molecular complexity index is 961. The molecule has 0 aliphatic rings. The van der Waals surface area contributed by atoms with E-state index < -0.39 is 0 Å². The lowest BCUT2D eigenvalue weighted by Crippen LogP contribution is -1.70. The van der Waals surface area contributed by atoms with Crippen LogP contribution < -0.4 is 0 Å². The van der Waals surface area contributed by atoms with Gasteiger partial charge < -0.3 is 0 Å². The Morgan fingerprint density at radius 3 is 2.09 bits per heavy atom. The maximum atomic E-state index is 3.26. The Labute approximate surface area is 147 Å². The van der Waals surface area contributed by atoms with Gasteiger partial charge in [0.25, 0.3) is 0 Å². The van der Waals surface area contributed by atoms with Gasteiger partial charge in [-0.05, 0) is 47.8 Å². The Morgan fingerprint density at radius 2 is 1.30 bits per heavy atom. The number of hydrogen-bond donors (Lipinski definition) is 0. The predicted molar refractivity (Wildman–Crippen MR) is 103 cm³/mol. The van der Waals surface area contributed by atoms with Crippen molar-refractivity contribution in [3.05, 3.63) is 82.6 Å². The van der Waals surface area contributed by atoms with Crippen molar-refractivity contribution >= 4 is 34.0 Å². The SMILES string of the molecule is C(#Cc1ccc(-c2ccc(-c3cccs3)s2)s1)c1ccccc1. The maximum absolute atomic E-state index is 3.26. The van der Waals surface area contributed by atoms with Crippen LogP contribution in [0.4, 0.5) is 0 Å². The zero-order valence-corrected chi connectivity index (χ0v) is 14.6. The molecule has 0 fully saturated rings. The van der Waals surface area contributed by atoms with Crippen LogP contribution in [0.5, 0.6) is 0 Å². The standard InChI is InChI=1S/C20H12S3/c1-2-5-15(6-3-1)8-9-16-10-11-19(22-16)20-13-12-18(23-20)17-7-4-14-21-17/h1-7,10-14H. The van der Waals surface area contributed by atoms with Gasteiger partial charge in [0.2, 0.25) is 0 Å². The van der Waals surface area contributed by atoms with Gasteiger partial charge in [-0.15, -0.1) is 34.0 Å². The first kappa shape index (κ1) is 14.5. The highest BCUT2D eigenvalue weighted by Crippen LogP contribution is 2.38. The second-order valence-corrected chi connectivity index (χ2v) is 8.04. The highest BCUT2D eigenvalue weighted by Gasteiger charge is 2.07. The van der Waals surface area contributed by atoms with Crippen LogP contribution >= 0.6 is 34.0 Å². The quantitative estimate of drug-likeness (QED) is 0.358. The summed E-state index contributed by atoms with van der Waals surface area (Å²) in [6.07, 6.45) is 0. The third-order valence-electron chi connectivity index (χ3n) is 3.32. The molecule has 0 N–H and O–H groups in total. The molecule has 3 aromatic heterocycles. The van der Waals surface area contributed by atoms with Gasteiger partial charge in [-0.3, -0.25) is 0 Å². The zero-order valence-electron chi connectivity index (χ0n) is 12.2. The molecular weight excluding hydrogens is 336 g/mol. The first-order valence-corrected chi connectivity index (χ1v) is 9.71. The van der Waals surface area contributed by atoms with Crippen molar-refractivity contribution in [3.8, 4) is 31.3 Å². The van der Waals surface area contributed by atoms with Crippen LogP contribution in [0.3, 0.4) is 0 Å². The minimum Gasteiger partial charge on any atom is -0.143 e. The summed E-state index contributed by atoms with van der Waals surface area (Å²) >= 11 is 5.39. The molecule has 0 bridgehead atoms.